The first-order chi connectivity index (χ1) is 14.4. The summed E-state index contributed by atoms with van der Waals surface area (Å²) < 4.78 is 44.1. The Kier molecular flexibility index (Phi) is 5.13. The number of aromatic nitrogens is 2. The summed E-state index contributed by atoms with van der Waals surface area (Å²) in [6.07, 6.45) is 2.26. The summed E-state index contributed by atoms with van der Waals surface area (Å²) in [5, 5.41) is 9.00. The molecule has 1 amide bonds. The summed E-state index contributed by atoms with van der Waals surface area (Å²) >= 11 is 0. The lowest BCUT2D eigenvalue weighted by Gasteiger charge is -2.07. The Morgan fingerprint density at radius 1 is 1.00 bits per heavy atom. The Labute approximate surface area is 169 Å². The van der Waals surface area contributed by atoms with Gasteiger partial charge < -0.3 is 4.74 Å². The zero-order valence-electron chi connectivity index (χ0n) is 15.4. The summed E-state index contributed by atoms with van der Waals surface area (Å²) in [4.78, 5) is 20.0. The quantitative estimate of drug-likeness (QED) is 0.472. The van der Waals surface area contributed by atoms with E-state index in [1.807, 2.05) is 0 Å². The van der Waals surface area contributed by atoms with Gasteiger partial charge in [-0.15, -0.1) is 0 Å². The Hall–Kier alpha value is -3.46. The number of carbonyl (C=O) groups excluding carboxylic acids is 1. The van der Waals surface area contributed by atoms with Gasteiger partial charge in [-0.2, -0.15) is 8.78 Å². The lowest BCUT2D eigenvalue weighted by molar-refractivity contribution is -0.136. The van der Waals surface area contributed by atoms with Gasteiger partial charge in [-0.05, 0) is 11.1 Å². The number of nitrogens with one attached hydrogen (secondary N) is 1. The molecule has 9 heteroatoms. The second-order valence-corrected chi connectivity index (χ2v) is 6.82. The van der Waals surface area contributed by atoms with E-state index in [0.717, 1.165) is 12.4 Å². The standard InChI is InChI=1S/C21H16F3N3O3/c22-20(23)30-15-10-25-18(26-11-15)14-8-6-13(7-9-14)17-16(12-4-2-1-3-5-12)21(17,24)19(28)27-29/h1-11,16-17,20,29H,(H,27,28). The van der Waals surface area contributed by atoms with Gasteiger partial charge in [-0.3, -0.25) is 10.0 Å². The topological polar surface area (TPSA) is 84.3 Å². The number of carbonyl (C=O) groups is 1. The van der Waals surface area contributed by atoms with Crippen molar-refractivity contribution in [2.45, 2.75) is 24.1 Å². The van der Waals surface area contributed by atoms with Crippen LogP contribution in [-0.2, 0) is 4.79 Å². The number of hydrogen-bond donors (Lipinski definition) is 2. The minimum Gasteiger partial charge on any atom is -0.432 e. The molecule has 1 saturated carbocycles. The Balaban J connectivity index is 1.59. The van der Waals surface area contributed by atoms with Crippen molar-refractivity contribution in [3.63, 3.8) is 0 Å². The second kappa shape index (κ2) is 7.75. The smallest absolute Gasteiger partial charge is 0.387 e. The molecular weight excluding hydrogens is 399 g/mol. The molecule has 1 aliphatic rings. The van der Waals surface area contributed by atoms with Crippen molar-refractivity contribution in [2.75, 3.05) is 0 Å². The number of rotatable bonds is 6. The highest BCUT2D eigenvalue weighted by atomic mass is 19.3. The van der Waals surface area contributed by atoms with Crippen molar-refractivity contribution in [1.82, 2.24) is 15.4 Å². The summed E-state index contributed by atoms with van der Waals surface area (Å²) in [7, 11) is 0. The van der Waals surface area contributed by atoms with Gasteiger partial charge in [0.1, 0.15) is 0 Å². The van der Waals surface area contributed by atoms with E-state index < -0.39 is 30.0 Å². The van der Waals surface area contributed by atoms with Gasteiger partial charge in [0, 0.05) is 17.4 Å². The average molecular weight is 415 g/mol. The molecular formula is C21H16F3N3O3. The number of nitrogens with zero attached hydrogens (tertiary/aromatic N) is 2. The number of alkyl halides is 3. The maximum atomic E-state index is 15.5. The van der Waals surface area contributed by atoms with Crippen LogP contribution in [0.3, 0.4) is 0 Å². The van der Waals surface area contributed by atoms with Gasteiger partial charge in [0.2, 0.25) is 5.67 Å². The third-order valence-corrected chi connectivity index (χ3v) is 5.12. The van der Waals surface area contributed by atoms with E-state index >= 15 is 4.39 Å². The number of halogens is 3. The maximum Gasteiger partial charge on any atom is 0.387 e. The molecule has 1 aromatic heterocycles. The van der Waals surface area contributed by atoms with Crippen LogP contribution in [0.4, 0.5) is 13.2 Å². The van der Waals surface area contributed by atoms with E-state index in [0.29, 0.717) is 16.7 Å². The van der Waals surface area contributed by atoms with Crippen LogP contribution in [0.5, 0.6) is 5.75 Å². The fraction of sp³-hybridized carbons (Fsp3) is 0.190. The SMILES string of the molecule is O=C(NO)C1(F)C(c2ccccc2)C1c1ccc(-c2ncc(OC(F)F)cn2)cc1. The normalized spacial score (nSPS) is 22.6. The molecule has 3 aromatic rings. The van der Waals surface area contributed by atoms with E-state index in [4.69, 9.17) is 5.21 Å². The minimum atomic E-state index is -2.97. The molecule has 0 saturated heterocycles. The molecule has 1 heterocycles. The van der Waals surface area contributed by atoms with Crippen LogP contribution in [-0.4, -0.2) is 33.4 Å². The minimum absolute atomic E-state index is 0.161. The monoisotopic (exact) mass is 415 g/mol. The van der Waals surface area contributed by atoms with Crippen LogP contribution < -0.4 is 10.2 Å². The zero-order valence-corrected chi connectivity index (χ0v) is 15.4. The third-order valence-electron chi connectivity index (χ3n) is 5.12. The molecule has 3 unspecified atom stereocenters. The highest BCUT2D eigenvalue weighted by molar-refractivity contribution is 5.92. The van der Waals surface area contributed by atoms with E-state index in [2.05, 4.69) is 14.7 Å². The molecule has 1 fully saturated rings. The van der Waals surface area contributed by atoms with Crippen molar-refractivity contribution in [1.29, 1.82) is 0 Å². The highest BCUT2D eigenvalue weighted by Gasteiger charge is 2.72. The highest BCUT2D eigenvalue weighted by Crippen LogP contribution is 2.66. The molecule has 0 spiro atoms. The first-order valence-electron chi connectivity index (χ1n) is 9.00. The number of hydrogen-bond acceptors (Lipinski definition) is 5. The molecule has 0 aliphatic heterocycles. The Morgan fingerprint density at radius 2 is 1.57 bits per heavy atom. The Morgan fingerprint density at radius 3 is 2.10 bits per heavy atom. The first-order valence-corrected chi connectivity index (χ1v) is 9.00. The van der Waals surface area contributed by atoms with Crippen LogP contribution in [0.1, 0.15) is 23.0 Å². The van der Waals surface area contributed by atoms with Gasteiger partial charge >= 0.3 is 6.61 Å². The van der Waals surface area contributed by atoms with E-state index in [1.165, 1.54) is 5.48 Å². The van der Waals surface area contributed by atoms with Gasteiger partial charge in [-0.1, -0.05) is 54.6 Å². The van der Waals surface area contributed by atoms with Gasteiger partial charge in [0.05, 0.1) is 12.4 Å². The van der Waals surface area contributed by atoms with Crippen molar-refractivity contribution >= 4 is 5.91 Å². The molecule has 6 nitrogen and oxygen atoms in total. The number of ether oxygens (including phenoxy) is 1. The molecule has 1 aliphatic carbocycles. The fourth-order valence-corrected chi connectivity index (χ4v) is 3.72. The van der Waals surface area contributed by atoms with Crippen LogP contribution in [0.15, 0.2) is 67.0 Å². The van der Waals surface area contributed by atoms with Gasteiger partial charge in [0.15, 0.2) is 11.6 Å². The Bertz CT molecular complexity index is 1030. The number of benzene rings is 2. The van der Waals surface area contributed by atoms with Crippen molar-refractivity contribution < 1.29 is 27.9 Å². The lowest BCUT2D eigenvalue weighted by Crippen LogP contribution is -2.33. The molecule has 0 bridgehead atoms. The molecule has 2 N–H and O–H groups in total. The van der Waals surface area contributed by atoms with Crippen molar-refractivity contribution in [3.05, 3.63) is 78.1 Å². The van der Waals surface area contributed by atoms with E-state index in [-0.39, 0.29) is 11.6 Å². The van der Waals surface area contributed by atoms with Gasteiger partial charge in [0.25, 0.3) is 5.91 Å². The maximum absolute atomic E-state index is 15.5. The van der Waals surface area contributed by atoms with Crippen LogP contribution >= 0.6 is 0 Å². The average Bonchev–Trinajstić information content (AvgIpc) is 3.41. The number of amides is 1. The van der Waals surface area contributed by atoms with E-state index in [9.17, 15) is 13.6 Å². The first kappa shape index (κ1) is 19.8. The molecule has 154 valence electrons. The summed E-state index contributed by atoms with van der Waals surface area (Å²) in [5.41, 5.74) is 0.942. The van der Waals surface area contributed by atoms with Crippen molar-refractivity contribution in [3.8, 4) is 17.1 Å². The molecule has 3 atom stereocenters. The second-order valence-electron chi connectivity index (χ2n) is 6.82. The molecule has 0 radical (unpaired) electrons. The van der Waals surface area contributed by atoms with Crippen molar-refractivity contribution in [2.24, 2.45) is 0 Å². The summed E-state index contributed by atoms with van der Waals surface area (Å²) in [6.45, 7) is -2.97. The molecule has 4 rings (SSSR count). The van der Waals surface area contributed by atoms with Crippen LogP contribution in [0.2, 0.25) is 0 Å². The number of hydroxylamine groups is 1. The molecule has 2 aromatic carbocycles. The van der Waals surface area contributed by atoms with Gasteiger partial charge in [-0.25, -0.2) is 19.8 Å². The zero-order chi connectivity index (χ0) is 21.3. The largest absolute Gasteiger partial charge is 0.432 e. The van der Waals surface area contributed by atoms with E-state index in [1.54, 1.807) is 54.6 Å². The third kappa shape index (κ3) is 3.48. The predicted octanol–water partition coefficient (Wildman–Crippen LogP) is 3.84. The summed E-state index contributed by atoms with van der Waals surface area (Å²) in [6, 6.07) is 15.4. The summed E-state index contributed by atoms with van der Waals surface area (Å²) in [5.74, 6) is -2.49. The predicted molar refractivity (Wildman–Crippen MR) is 99.8 cm³/mol. The fourth-order valence-electron chi connectivity index (χ4n) is 3.72. The van der Waals surface area contributed by atoms with Crippen LogP contribution in [0.25, 0.3) is 11.4 Å². The van der Waals surface area contributed by atoms with Crippen LogP contribution in [0, 0.1) is 0 Å². The lowest BCUT2D eigenvalue weighted by atomic mass is 10.0. The molecule has 30 heavy (non-hydrogen) atoms.